The normalized spacial score (nSPS) is 14.1. The lowest BCUT2D eigenvalue weighted by Crippen LogP contribution is -2.48. The number of rotatable bonds is 33. The van der Waals surface area contributed by atoms with Crippen LogP contribution in [0.4, 0.5) is 11.6 Å². The van der Waals surface area contributed by atoms with Crippen molar-refractivity contribution in [1.82, 2.24) is 75.1 Å². The number of carbonyl (C=O) groups excluding carboxylic acids is 7. The number of hydrogen-bond donors (Lipinski definition) is 7. The number of fused-ring (bicyclic) bond motifs is 6. The molecule has 0 spiro atoms. The molecule has 2 aliphatic rings. The van der Waals surface area contributed by atoms with Gasteiger partial charge in [0.2, 0.25) is 35.2 Å². The molecule has 96 heavy (non-hydrogen) atoms. The smallest absolute Gasteiger partial charge is 0.355 e. The molecule has 0 saturated carbocycles. The fourth-order valence-electron chi connectivity index (χ4n) is 11.4. The number of aromatic nitrogens is 9. The zero-order chi connectivity index (χ0) is 68.8. The Labute approximate surface area is 556 Å². The molecule has 31 heteroatoms. The number of carboxylic acid groups (broad SMARTS) is 1. The first-order valence-electron chi connectivity index (χ1n) is 31.7. The summed E-state index contributed by atoms with van der Waals surface area (Å²) in [5, 5.41) is 40.9. The van der Waals surface area contributed by atoms with E-state index >= 15 is 0 Å². The van der Waals surface area contributed by atoms with E-state index in [1.54, 1.807) is 96.9 Å². The first kappa shape index (κ1) is 70.2. The number of nitrogen functional groups attached to an aromatic ring is 1. The summed E-state index contributed by atoms with van der Waals surface area (Å²) in [4.78, 5) is 146. The Morgan fingerprint density at radius 3 is 2.31 bits per heavy atom. The van der Waals surface area contributed by atoms with Crippen LogP contribution in [-0.2, 0) is 87.8 Å². The second-order valence-corrected chi connectivity index (χ2v) is 24.7. The number of ether oxygens (including phenoxy) is 2. The van der Waals surface area contributed by atoms with Crippen LogP contribution in [0.25, 0.3) is 33.5 Å². The number of nitrogens with two attached hydrogens (primary N) is 1. The maximum absolute atomic E-state index is 14.2. The number of esters is 2. The Kier molecular flexibility index (Phi) is 23.3. The molecule has 8 N–H and O–H groups in total. The number of aromatic hydroxyl groups is 1. The number of cyclic esters (lactones) is 1. The predicted octanol–water partition coefficient (Wildman–Crippen LogP) is 3.35. The quantitative estimate of drug-likeness (QED) is 0.0229. The van der Waals surface area contributed by atoms with Gasteiger partial charge in [-0.05, 0) is 95.2 Å². The Balaban J connectivity index is 0.661. The van der Waals surface area contributed by atoms with Gasteiger partial charge in [-0.15, -0.1) is 5.10 Å². The number of nitrogens with zero attached hydrogens (tertiary/aromatic N) is 12. The molecule has 0 saturated heterocycles. The Hall–Kier alpha value is -10.2. The van der Waals surface area contributed by atoms with Gasteiger partial charge in [0.05, 0.1) is 58.8 Å². The molecular formula is C65H79N17O13S. The van der Waals surface area contributed by atoms with Gasteiger partial charge >= 0.3 is 17.9 Å². The SMILES string of the molecule is CCC(=O)N(CCNC(=O)CCCc1cn(CC(=O)O[C@]2(CC)C(=O)OCc3c2cc2n(c3=O)Cc3cc4c(CN(C)C)c(O)ccc4nc3-2)nn1)CCN(CCSCCNC(=O)CCC(NC(=O)c1ccc(NCc2cnc3nc(N)nc(C)c3n2)cc1)C(=O)O)C(=O)CC. The van der Waals surface area contributed by atoms with E-state index in [9.17, 15) is 53.4 Å². The number of carboxylic acids is 1. The summed E-state index contributed by atoms with van der Waals surface area (Å²) < 4.78 is 14.3. The lowest BCUT2D eigenvalue weighted by atomic mass is 9.85. The third-order valence-electron chi connectivity index (χ3n) is 16.5. The minimum Gasteiger partial charge on any atom is -0.508 e. The first-order valence-corrected chi connectivity index (χ1v) is 32.9. The molecule has 2 atom stereocenters. The average Bonchev–Trinajstić information content (AvgIpc) is 1.48. The van der Waals surface area contributed by atoms with Crippen LogP contribution in [0.3, 0.4) is 0 Å². The monoisotopic (exact) mass is 1340 g/mol. The van der Waals surface area contributed by atoms with Gasteiger partial charge in [0.15, 0.2) is 5.65 Å². The van der Waals surface area contributed by atoms with Crippen molar-refractivity contribution >= 4 is 92.9 Å². The Bertz CT molecular complexity index is 4150. The van der Waals surface area contributed by atoms with E-state index in [0.717, 1.165) is 10.9 Å². The van der Waals surface area contributed by atoms with Gasteiger partial charge < -0.3 is 66.0 Å². The van der Waals surface area contributed by atoms with Crippen molar-refractivity contribution in [3.05, 3.63) is 116 Å². The Morgan fingerprint density at radius 1 is 0.865 bits per heavy atom. The number of aliphatic carboxylic acids is 1. The zero-order valence-corrected chi connectivity index (χ0v) is 55.3. The van der Waals surface area contributed by atoms with Gasteiger partial charge in [-0.25, -0.2) is 39.0 Å². The van der Waals surface area contributed by atoms with E-state index in [1.165, 1.54) is 16.4 Å². The fraction of sp³-hybridized carbons (Fsp3) is 0.446. The second kappa shape index (κ2) is 31.8. The summed E-state index contributed by atoms with van der Waals surface area (Å²) in [6, 6.07) is 12.0. The van der Waals surface area contributed by atoms with Gasteiger partial charge in [-0.1, -0.05) is 26.0 Å². The van der Waals surface area contributed by atoms with E-state index in [2.05, 4.69) is 51.5 Å². The molecule has 1 unspecified atom stereocenters. The summed E-state index contributed by atoms with van der Waals surface area (Å²) in [6.07, 6.45) is 4.10. The van der Waals surface area contributed by atoms with Crippen molar-refractivity contribution in [3.8, 4) is 17.1 Å². The molecule has 7 heterocycles. The van der Waals surface area contributed by atoms with Crippen molar-refractivity contribution in [2.45, 2.75) is 123 Å². The fourth-order valence-corrected chi connectivity index (χ4v) is 12.2. The Morgan fingerprint density at radius 2 is 1.59 bits per heavy atom. The van der Waals surface area contributed by atoms with Crippen LogP contribution >= 0.6 is 11.8 Å². The maximum Gasteiger partial charge on any atom is 0.355 e. The van der Waals surface area contributed by atoms with Gasteiger partial charge in [0.25, 0.3) is 11.5 Å². The molecule has 508 valence electrons. The number of aryl methyl sites for hydroxylation is 2. The number of carbonyl (C=O) groups is 8. The minimum atomic E-state index is -1.94. The predicted molar refractivity (Wildman–Crippen MR) is 354 cm³/mol. The van der Waals surface area contributed by atoms with Crippen LogP contribution in [0, 0.1) is 6.92 Å². The standard InChI is InChI=1S/C65H79N17O13S/c1-7-54(86)79(24-25-80(55(87)8-2)26-28-96-27-22-68-53(85)20-18-49(62(91)92)74-60(89)39-13-15-41(16-14-39)69-31-43-32-70-59-57(72-43)38(4)71-64(66)75-59)23-21-67-52(84)12-10-11-42-34-81(77-76-42)36-56(88)95-65(9-3)47-30-50-58-40(33-82(50)61(90)46(47)37-94-63(65)93)29-44-45(35-78(5)6)51(83)19-17-48(44)73-58/h13-17,19,29-30,32,34,49,69,83H,7-12,18,20-28,31,33,35-37H2,1-6H3,(H,67,84)(H,68,85)(H,74,89)(H,91,92)(H2,66,70,71,75)/t49?,65-/m0/s1. The molecule has 2 aliphatic heterocycles. The van der Waals surface area contributed by atoms with Crippen molar-refractivity contribution < 1.29 is 58.0 Å². The number of benzene rings is 2. The van der Waals surface area contributed by atoms with Gasteiger partial charge in [-0.2, -0.15) is 16.7 Å². The van der Waals surface area contributed by atoms with Gasteiger partial charge in [0, 0.05) is 123 Å². The number of phenols is 1. The topological polar surface area (TPSA) is 396 Å². The highest BCUT2D eigenvalue weighted by Gasteiger charge is 2.50. The molecule has 0 fully saturated rings. The highest BCUT2D eigenvalue weighted by molar-refractivity contribution is 7.99. The van der Waals surface area contributed by atoms with E-state index in [0.29, 0.717) is 100 Å². The van der Waals surface area contributed by atoms with Crippen LogP contribution in [0.5, 0.6) is 5.75 Å². The number of hydrogen-bond acceptors (Lipinski definition) is 23. The third-order valence-corrected chi connectivity index (χ3v) is 17.4. The highest BCUT2D eigenvalue weighted by Crippen LogP contribution is 2.42. The van der Waals surface area contributed by atoms with Crippen LogP contribution in [0.1, 0.15) is 115 Å². The molecule has 2 aromatic carbocycles. The first-order chi connectivity index (χ1) is 46.1. The van der Waals surface area contributed by atoms with E-state index in [-0.39, 0.29) is 136 Å². The number of thioether (sulfide) groups is 1. The molecule has 9 rings (SSSR count). The van der Waals surface area contributed by atoms with E-state index in [1.807, 2.05) is 25.1 Å². The molecule has 0 aliphatic carbocycles. The average molecular weight is 1340 g/mol. The molecule has 5 amide bonds. The highest BCUT2D eigenvalue weighted by atomic mass is 32.2. The van der Waals surface area contributed by atoms with Crippen molar-refractivity contribution in [3.63, 3.8) is 0 Å². The van der Waals surface area contributed by atoms with Gasteiger partial charge in [-0.3, -0.25) is 28.8 Å². The minimum absolute atomic E-state index is 0.0411. The summed E-state index contributed by atoms with van der Waals surface area (Å²) >= 11 is 1.51. The summed E-state index contributed by atoms with van der Waals surface area (Å²) in [6.45, 7) is 8.72. The lowest BCUT2D eigenvalue weighted by Gasteiger charge is -2.35. The summed E-state index contributed by atoms with van der Waals surface area (Å²) in [5.74, 6) is -3.14. The van der Waals surface area contributed by atoms with Gasteiger partial charge in [0.1, 0.15) is 30.5 Å². The maximum atomic E-state index is 14.2. The molecule has 0 radical (unpaired) electrons. The largest absolute Gasteiger partial charge is 0.508 e. The summed E-state index contributed by atoms with van der Waals surface area (Å²) in [5.41, 5.74) is 10.4. The molecular weight excluding hydrogens is 1260 g/mol. The number of anilines is 2. The lowest BCUT2D eigenvalue weighted by molar-refractivity contribution is -0.190. The molecule has 0 bridgehead atoms. The number of pyridine rings is 2. The van der Waals surface area contributed by atoms with Crippen molar-refractivity contribution in [2.75, 3.05) is 75.9 Å². The van der Waals surface area contributed by atoms with Crippen LogP contribution in [-0.4, -0.2) is 188 Å². The van der Waals surface area contributed by atoms with Crippen LogP contribution < -0.4 is 32.6 Å². The number of amides is 5. The van der Waals surface area contributed by atoms with E-state index in [4.69, 9.17) is 20.2 Å². The molecule has 7 aromatic rings. The molecule has 30 nitrogen and oxygen atoms in total. The third kappa shape index (κ3) is 17.0. The molecule has 5 aromatic heterocycles. The second-order valence-electron chi connectivity index (χ2n) is 23.5. The van der Waals surface area contributed by atoms with Crippen LogP contribution in [0.2, 0.25) is 0 Å². The van der Waals surface area contributed by atoms with Crippen LogP contribution in [0.15, 0.2) is 65.7 Å². The number of nitrogens with one attached hydrogen (secondary N) is 4. The summed E-state index contributed by atoms with van der Waals surface area (Å²) in [7, 11) is 3.79. The van der Waals surface area contributed by atoms with Crippen molar-refractivity contribution in [2.24, 2.45) is 0 Å². The van der Waals surface area contributed by atoms with Crippen molar-refractivity contribution in [1.29, 1.82) is 0 Å². The van der Waals surface area contributed by atoms with E-state index < -0.39 is 47.6 Å². The zero-order valence-electron chi connectivity index (χ0n) is 54.4. The number of phenolic OH excluding ortho intramolecular Hbond substituents is 1.